The maximum atomic E-state index is 13.9. The summed E-state index contributed by atoms with van der Waals surface area (Å²) in [6.07, 6.45) is 1.70. The quantitative estimate of drug-likeness (QED) is 0.783. The van der Waals surface area contributed by atoms with Crippen molar-refractivity contribution in [3.8, 4) is 0 Å². The zero-order valence-electron chi connectivity index (χ0n) is 15.1. The van der Waals surface area contributed by atoms with Gasteiger partial charge in [-0.15, -0.1) is 11.3 Å². The van der Waals surface area contributed by atoms with Crippen LogP contribution >= 0.6 is 11.3 Å². The topological polar surface area (TPSA) is 58.6 Å². The molecule has 1 N–H and O–H groups in total. The average molecular weight is 394 g/mol. The summed E-state index contributed by atoms with van der Waals surface area (Å²) in [5.41, 5.74) is 0.907. The number of carbonyl (C=O) groups is 2. The van der Waals surface area contributed by atoms with Gasteiger partial charge in [-0.1, -0.05) is 6.92 Å². The van der Waals surface area contributed by atoms with Crippen molar-refractivity contribution in [2.45, 2.75) is 26.3 Å². The van der Waals surface area contributed by atoms with Crippen molar-refractivity contribution in [1.29, 1.82) is 0 Å². The van der Waals surface area contributed by atoms with Crippen molar-refractivity contribution >= 4 is 28.2 Å². The molecule has 0 bridgehead atoms. The van der Waals surface area contributed by atoms with Crippen LogP contribution in [0.5, 0.6) is 0 Å². The van der Waals surface area contributed by atoms with E-state index in [-0.39, 0.29) is 5.56 Å². The summed E-state index contributed by atoms with van der Waals surface area (Å²) >= 11 is 1.30. The van der Waals surface area contributed by atoms with E-state index in [1.165, 1.54) is 18.4 Å². The zero-order valence-corrected chi connectivity index (χ0v) is 15.9. The van der Waals surface area contributed by atoms with Gasteiger partial charge in [0.05, 0.1) is 18.2 Å². The summed E-state index contributed by atoms with van der Waals surface area (Å²) in [4.78, 5) is 28.0. The molecule has 0 saturated carbocycles. The number of nitrogens with zero attached hydrogens (tertiary/aromatic N) is 1. The van der Waals surface area contributed by atoms with Crippen LogP contribution in [-0.2, 0) is 17.7 Å². The molecule has 0 spiro atoms. The maximum Gasteiger partial charge on any atom is 0.341 e. The van der Waals surface area contributed by atoms with Gasteiger partial charge >= 0.3 is 5.97 Å². The lowest BCUT2D eigenvalue weighted by atomic mass is 10.0. The fourth-order valence-electron chi connectivity index (χ4n) is 3.21. The van der Waals surface area contributed by atoms with Crippen molar-refractivity contribution in [3.05, 3.63) is 51.4 Å². The molecule has 8 heteroatoms. The highest BCUT2D eigenvalue weighted by molar-refractivity contribution is 7.17. The first-order valence-electron chi connectivity index (χ1n) is 8.66. The third kappa shape index (κ3) is 4.01. The largest absolute Gasteiger partial charge is 0.465 e. The van der Waals surface area contributed by atoms with E-state index >= 15 is 0 Å². The fourth-order valence-corrected chi connectivity index (χ4v) is 4.49. The van der Waals surface area contributed by atoms with E-state index in [2.05, 4.69) is 17.1 Å². The van der Waals surface area contributed by atoms with Gasteiger partial charge < -0.3 is 10.1 Å². The van der Waals surface area contributed by atoms with Crippen LogP contribution in [0.3, 0.4) is 0 Å². The Bertz CT molecular complexity index is 882. The minimum absolute atomic E-state index is 0.286. The van der Waals surface area contributed by atoms with Crippen LogP contribution in [0.15, 0.2) is 18.2 Å². The molecule has 0 atom stereocenters. The minimum atomic E-state index is -0.956. The number of amides is 1. The molecule has 5 nitrogen and oxygen atoms in total. The van der Waals surface area contributed by atoms with Gasteiger partial charge in [0.2, 0.25) is 0 Å². The van der Waals surface area contributed by atoms with Crippen LogP contribution in [-0.4, -0.2) is 37.0 Å². The molecule has 0 unspecified atom stereocenters. The molecule has 0 aliphatic carbocycles. The Kier molecular flexibility index (Phi) is 5.86. The highest BCUT2D eigenvalue weighted by Crippen LogP contribution is 2.38. The standard InChI is InChI=1S/C19H20F2N2O3S/c1-3-7-23-8-6-13-15(10-23)27-18(16(13)19(25)26-2)22-17(24)12-5-4-11(20)9-14(12)21/h4-5,9H,3,6-8,10H2,1-2H3,(H,22,24). The lowest BCUT2D eigenvalue weighted by Gasteiger charge is -2.26. The summed E-state index contributed by atoms with van der Waals surface area (Å²) in [5, 5.41) is 2.94. The number of hydrogen-bond acceptors (Lipinski definition) is 5. The molecular weight excluding hydrogens is 374 g/mol. The number of nitrogens with one attached hydrogen (secondary N) is 1. The number of thiophene rings is 1. The van der Waals surface area contributed by atoms with Gasteiger partial charge in [-0.05, 0) is 37.1 Å². The molecule has 0 radical (unpaired) electrons. The van der Waals surface area contributed by atoms with Gasteiger partial charge in [-0.3, -0.25) is 9.69 Å². The molecule has 0 fully saturated rings. The minimum Gasteiger partial charge on any atom is -0.465 e. The molecule has 1 aromatic heterocycles. The molecule has 1 aliphatic heterocycles. The van der Waals surface area contributed by atoms with Crippen molar-refractivity contribution in [2.75, 3.05) is 25.5 Å². The third-order valence-corrected chi connectivity index (χ3v) is 5.60. The SMILES string of the molecule is CCCN1CCc2c(sc(NC(=O)c3ccc(F)cc3F)c2C(=O)OC)C1. The molecule has 27 heavy (non-hydrogen) atoms. The molecule has 2 aromatic rings. The normalized spacial score (nSPS) is 13.9. The second-order valence-corrected chi connectivity index (χ2v) is 7.41. The summed E-state index contributed by atoms with van der Waals surface area (Å²) < 4.78 is 31.8. The van der Waals surface area contributed by atoms with Crippen molar-refractivity contribution in [1.82, 2.24) is 4.90 Å². The number of methoxy groups -OCH3 is 1. The van der Waals surface area contributed by atoms with Crippen LogP contribution in [0.25, 0.3) is 0 Å². The van der Waals surface area contributed by atoms with E-state index in [0.29, 0.717) is 29.6 Å². The first kappa shape index (κ1) is 19.4. The molecule has 0 saturated heterocycles. The Morgan fingerprint density at radius 2 is 2.11 bits per heavy atom. The first-order valence-corrected chi connectivity index (χ1v) is 9.47. The smallest absolute Gasteiger partial charge is 0.341 e. The number of fused-ring (bicyclic) bond motifs is 1. The number of ether oxygens (including phenoxy) is 1. The summed E-state index contributed by atoms with van der Waals surface area (Å²) in [7, 11) is 1.28. The van der Waals surface area contributed by atoms with Gasteiger partial charge in [-0.25, -0.2) is 13.6 Å². The number of rotatable bonds is 5. The van der Waals surface area contributed by atoms with Crippen LogP contribution in [0, 0.1) is 11.6 Å². The Morgan fingerprint density at radius 3 is 2.78 bits per heavy atom. The van der Waals surface area contributed by atoms with Crippen molar-refractivity contribution in [3.63, 3.8) is 0 Å². The Morgan fingerprint density at radius 1 is 1.33 bits per heavy atom. The molecule has 3 rings (SSSR count). The van der Waals surface area contributed by atoms with Gasteiger partial charge in [0.15, 0.2) is 0 Å². The first-order chi connectivity index (χ1) is 12.9. The van der Waals surface area contributed by atoms with Crippen LogP contribution < -0.4 is 5.32 Å². The Hall–Kier alpha value is -2.32. The lowest BCUT2D eigenvalue weighted by Crippen LogP contribution is -2.30. The van der Waals surface area contributed by atoms with Crippen LogP contribution in [0.2, 0.25) is 0 Å². The van der Waals surface area contributed by atoms with Gasteiger partial charge in [0.1, 0.15) is 16.6 Å². The molecular formula is C19H20F2N2O3S. The van der Waals surface area contributed by atoms with E-state index in [4.69, 9.17) is 4.74 Å². The number of halogens is 2. The highest BCUT2D eigenvalue weighted by atomic mass is 32.1. The molecule has 1 aromatic carbocycles. The number of benzene rings is 1. The van der Waals surface area contributed by atoms with E-state index < -0.39 is 23.5 Å². The van der Waals surface area contributed by atoms with E-state index in [1.807, 2.05) is 0 Å². The molecule has 1 aliphatic rings. The molecule has 144 valence electrons. The Balaban J connectivity index is 1.92. The highest BCUT2D eigenvalue weighted by Gasteiger charge is 2.29. The molecule has 1 amide bonds. The second kappa shape index (κ2) is 8.14. The van der Waals surface area contributed by atoms with Crippen molar-refractivity contribution < 1.29 is 23.1 Å². The predicted octanol–water partition coefficient (Wildman–Crippen LogP) is 3.83. The third-order valence-electron chi connectivity index (χ3n) is 4.47. The second-order valence-electron chi connectivity index (χ2n) is 6.30. The Labute approximate surface area is 159 Å². The average Bonchev–Trinajstić information content (AvgIpc) is 2.98. The number of carbonyl (C=O) groups excluding carboxylic acids is 2. The van der Waals surface area contributed by atoms with E-state index in [9.17, 15) is 18.4 Å². The summed E-state index contributed by atoms with van der Waals surface area (Å²) in [6, 6.07) is 2.74. The van der Waals surface area contributed by atoms with E-state index in [1.54, 1.807) is 0 Å². The van der Waals surface area contributed by atoms with Crippen LogP contribution in [0.1, 0.15) is 44.5 Å². The van der Waals surface area contributed by atoms with E-state index in [0.717, 1.165) is 42.1 Å². The van der Waals surface area contributed by atoms with Crippen molar-refractivity contribution in [2.24, 2.45) is 0 Å². The lowest BCUT2D eigenvalue weighted by molar-refractivity contribution is 0.0600. The summed E-state index contributed by atoms with van der Waals surface area (Å²) in [5.74, 6) is -2.99. The predicted molar refractivity (Wildman–Crippen MR) is 99.2 cm³/mol. The fraction of sp³-hybridized carbons (Fsp3) is 0.368. The maximum absolute atomic E-state index is 13.9. The monoisotopic (exact) mass is 394 g/mol. The number of hydrogen-bond donors (Lipinski definition) is 1. The van der Waals surface area contributed by atoms with Crippen LogP contribution in [0.4, 0.5) is 13.8 Å². The van der Waals surface area contributed by atoms with Gasteiger partial charge in [0.25, 0.3) is 5.91 Å². The number of esters is 1. The van der Waals surface area contributed by atoms with Gasteiger partial charge in [0, 0.05) is 24.0 Å². The molecule has 2 heterocycles. The van der Waals surface area contributed by atoms with Gasteiger partial charge in [-0.2, -0.15) is 0 Å². The summed E-state index contributed by atoms with van der Waals surface area (Å²) in [6.45, 7) is 4.57. The number of anilines is 1. The zero-order chi connectivity index (χ0) is 19.6.